The summed E-state index contributed by atoms with van der Waals surface area (Å²) in [7, 11) is 1.68. The molecule has 1 saturated carbocycles. The SMILES string of the molecule is CN1CCC(Oc2c(OC3CC3)ccc3ncnc(N)c23)C(F)(F)C1. The average molecular weight is 350 g/mol. The van der Waals surface area contributed by atoms with Crippen LogP contribution in [0.15, 0.2) is 18.5 Å². The molecule has 1 aromatic heterocycles. The Morgan fingerprint density at radius 1 is 1.20 bits per heavy atom. The zero-order valence-corrected chi connectivity index (χ0v) is 13.9. The highest BCUT2D eigenvalue weighted by molar-refractivity contribution is 5.95. The summed E-state index contributed by atoms with van der Waals surface area (Å²) in [5.41, 5.74) is 6.53. The van der Waals surface area contributed by atoms with Gasteiger partial charge in [0, 0.05) is 13.0 Å². The number of likely N-dealkylation sites (tertiary alicyclic amines) is 1. The van der Waals surface area contributed by atoms with Gasteiger partial charge in [-0.2, -0.15) is 0 Å². The normalized spacial score (nSPS) is 23.6. The lowest BCUT2D eigenvalue weighted by atomic mass is 10.0. The van der Waals surface area contributed by atoms with Crippen molar-refractivity contribution in [3.05, 3.63) is 18.5 Å². The monoisotopic (exact) mass is 350 g/mol. The third-order valence-electron chi connectivity index (χ3n) is 4.55. The minimum Gasteiger partial charge on any atom is -0.487 e. The number of aromatic nitrogens is 2. The van der Waals surface area contributed by atoms with Crippen LogP contribution in [-0.2, 0) is 0 Å². The first-order chi connectivity index (χ1) is 11.9. The zero-order chi connectivity index (χ0) is 17.6. The van der Waals surface area contributed by atoms with Crippen LogP contribution < -0.4 is 15.2 Å². The van der Waals surface area contributed by atoms with E-state index in [1.807, 2.05) is 0 Å². The van der Waals surface area contributed by atoms with E-state index >= 15 is 0 Å². The molecule has 2 N–H and O–H groups in total. The molecule has 1 aromatic carbocycles. The fourth-order valence-corrected chi connectivity index (χ4v) is 3.08. The number of anilines is 1. The van der Waals surface area contributed by atoms with E-state index < -0.39 is 12.0 Å². The molecule has 2 aromatic rings. The van der Waals surface area contributed by atoms with E-state index in [2.05, 4.69) is 9.97 Å². The number of hydrogen-bond acceptors (Lipinski definition) is 6. The molecule has 2 heterocycles. The highest BCUT2D eigenvalue weighted by Crippen LogP contribution is 2.43. The summed E-state index contributed by atoms with van der Waals surface area (Å²) in [6.07, 6.45) is 2.31. The van der Waals surface area contributed by atoms with Gasteiger partial charge in [0.2, 0.25) is 0 Å². The smallest absolute Gasteiger partial charge is 0.296 e. The predicted molar refractivity (Wildman–Crippen MR) is 89.1 cm³/mol. The average Bonchev–Trinajstić information content (AvgIpc) is 3.35. The molecule has 6 nitrogen and oxygen atoms in total. The van der Waals surface area contributed by atoms with E-state index in [9.17, 15) is 8.78 Å². The van der Waals surface area contributed by atoms with Gasteiger partial charge in [0.05, 0.1) is 23.6 Å². The van der Waals surface area contributed by atoms with Crippen LogP contribution in [0.25, 0.3) is 10.9 Å². The second-order valence-corrected chi connectivity index (χ2v) is 6.76. The van der Waals surface area contributed by atoms with E-state index in [-0.39, 0.29) is 30.6 Å². The standard InChI is InChI=1S/C17H20F2N4O2/c1-23-7-6-13(17(18,19)8-23)25-15-12(24-10-2-3-10)5-4-11-14(15)16(20)22-9-21-11/h4-5,9-10,13H,2-3,6-8H2,1H3,(H2,20,21,22). The van der Waals surface area contributed by atoms with Crippen LogP contribution in [0.3, 0.4) is 0 Å². The number of nitrogens with zero attached hydrogens (tertiary/aromatic N) is 3. The number of piperidine rings is 1. The zero-order valence-electron chi connectivity index (χ0n) is 13.9. The van der Waals surface area contributed by atoms with Gasteiger partial charge >= 0.3 is 0 Å². The molecule has 4 rings (SSSR count). The summed E-state index contributed by atoms with van der Waals surface area (Å²) in [5, 5.41) is 0.426. The van der Waals surface area contributed by atoms with Gasteiger partial charge in [-0.15, -0.1) is 0 Å². The lowest BCUT2D eigenvalue weighted by Gasteiger charge is -2.36. The number of fused-ring (bicyclic) bond motifs is 1. The van der Waals surface area contributed by atoms with E-state index in [1.54, 1.807) is 24.1 Å². The van der Waals surface area contributed by atoms with Gasteiger partial charge < -0.3 is 20.1 Å². The van der Waals surface area contributed by atoms with Gasteiger partial charge in [0.1, 0.15) is 12.1 Å². The van der Waals surface area contributed by atoms with Gasteiger partial charge in [-0.25, -0.2) is 18.7 Å². The third-order valence-corrected chi connectivity index (χ3v) is 4.55. The van der Waals surface area contributed by atoms with Crippen LogP contribution in [0, 0.1) is 0 Å². The Balaban J connectivity index is 1.75. The van der Waals surface area contributed by atoms with Crippen molar-refractivity contribution in [2.24, 2.45) is 0 Å². The Kier molecular flexibility index (Phi) is 3.87. The maximum Gasteiger partial charge on any atom is 0.296 e. The van der Waals surface area contributed by atoms with Crippen LogP contribution in [0.1, 0.15) is 19.3 Å². The lowest BCUT2D eigenvalue weighted by Crippen LogP contribution is -2.52. The maximum absolute atomic E-state index is 14.4. The van der Waals surface area contributed by atoms with Crippen LogP contribution >= 0.6 is 0 Å². The Bertz CT molecular complexity index is 798. The fourth-order valence-electron chi connectivity index (χ4n) is 3.08. The number of ether oxygens (including phenoxy) is 2. The van der Waals surface area contributed by atoms with Gasteiger partial charge in [-0.1, -0.05) is 0 Å². The van der Waals surface area contributed by atoms with Crippen molar-refractivity contribution in [3.8, 4) is 11.5 Å². The molecule has 1 atom stereocenters. The van der Waals surface area contributed by atoms with Gasteiger partial charge in [-0.3, -0.25) is 0 Å². The van der Waals surface area contributed by atoms with E-state index in [0.29, 0.717) is 23.2 Å². The fraction of sp³-hybridized carbons (Fsp3) is 0.529. The molecule has 0 amide bonds. The van der Waals surface area contributed by atoms with Crippen molar-refractivity contribution >= 4 is 16.7 Å². The Morgan fingerprint density at radius 2 is 2.00 bits per heavy atom. The first-order valence-corrected chi connectivity index (χ1v) is 8.37. The molecule has 8 heteroatoms. The molecule has 0 radical (unpaired) electrons. The highest BCUT2D eigenvalue weighted by Gasteiger charge is 2.46. The summed E-state index contributed by atoms with van der Waals surface area (Å²) in [5.74, 6) is -2.13. The predicted octanol–water partition coefficient (Wildman–Crippen LogP) is 2.47. The van der Waals surface area contributed by atoms with Crippen LogP contribution in [0.4, 0.5) is 14.6 Å². The molecule has 2 fully saturated rings. The van der Waals surface area contributed by atoms with Crippen molar-refractivity contribution in [2.75, 3.05) is 25.9 Å². The molecular weight excluding hydrogens is 330 g/mol. The second kappa shape index (κ2) is 5.94. The van der Waals surface area contributed by atoms with Crippen LogP contribution in [0.2, 0.25) is 0 Å². The molecule has 2 aliphatic rings. The number of halogens is 2. The maximum atomic E-state index is 14.4. The Labute approximate surface area is 143 Å². The minimum atomic E-state index is -2.96. The summed E-state index contributed by atoms with van der Waals surface area (Å²) in [6, 6.07) is 3.44. The summed E-state index contributed by atoms with van der Waals surface area (Å²) in [6.45, 7) is 0.197. The summed E-state index contributed by atoms with van der Waals surface area (Å²) >= 11 is 0. The quantitative estimate of drug-likeness (QED) is 0.913. The van der Waals surface area contributed by atoms with E-state index in [1.165, 1.54) is 6.33 Å². The minimum absolute atomic E-state index is 0.101. The topological polar surface area (TPSA) is 73.5 Å². The molecule has 134 valence electrons. The Morgan fingerprint density at radius 3 is 2.72 bits per heavy atom. The van der Waals surface area contributed by atoms with Crippen molar-refractivity contribution in [3.63, 3.8) is 0 Å². The number of alkyl halides is 2. The molecule has 1 saturated heterocycles. The molecule has 25 heavy (non-hydrogen) atoms. The van der Waals surface area contributed by atoms with E-state index in [0.717, 1.165) is 12.8 Å². The molecular formula is C17H20F2N4O2. The van der Waals surface area contributed by atoms with Gasteiger partial charge in [0.25, 0.3) is 5.92 Å². The first-order valence-electron chi connectivity index (χ1n) is 8.37. The molecule has 1 unspecified atom stereocenters. The van der Waals surface area contributed by atoms with Crippen LogP contribution in [-0.4, -0.2) is 53.1 Å². The number of benzene rings is 1. The lowest BCUT2D eigenvalue weighted by molar-refractivity contribution is -0.135. The Hall–Kier alpha value is -2.22. The highest BCUT2D eigenvalue weighted by atomic mass is 19.3. The number of rotatable bonds is 4. The summed E-state index contributed by atoms with van der Waals surface area (Å²) < 4.78 is 40.6. The molecule has 0 spiro atoms. The van der Waals surface area contributed by atoms with Crippen LogP contribution in [0.5, 0.6) is 11.5 Å². The molecule has 1 aliphatic carbocycles. The van der Waals surface area contributed by atoms with Crippen molar-refractivity contribution in [1.29, 1.82) is 0 Å². The van der Waals surface area contributed by atoms with Gasteiger partial charge in [0.15, 0.2) is 17.6 Å². The summed E-state index contributed by atoms with van der Waals surface area (Å²) in [4.78, 5) is 9.74. The third kappa shape index (κ3) is 3.18. The number of hydrogen-bond donors (Lipinski definition) is 1. The van der Waals surface area contributed by atoms with Gasteiger partial charge in [-0.05, 0) is 32.0 Å². The molecule has 1 aliphatic heterocycles. The number of nitrogens with two attached hydrogens (primary N) is 1. The molecule has 0 bridgehead atoms. The number of nitrogen functional groups attached to an aromatic ring is 1. The van der Waals surface area contributed by atoms with Crippen molar-refractivity contribution in [1.82, 2.24) is 14.9 Å². The second-order valence-electron chi connectivity index (χ2n) is 6.76. The van der Waals surface area contributed by atoms with E-state index in [4.69, 9.17) is 15.2 Å². The van der Waals surface area contributed by atoms with Crippen molar-refractivity contribution in [2.45, 2.75) is 37.4 Å². The first kappa shape index (κ1) is 16.3. The largest absolute Gasteiger partial charge is 0.487 e. The van der Waals surface area contributed by atoms with Crippen molar-refractivity contribution < 1.29 is 18.3 Å².